The monoisotopic (exact) mass is 388 g/mol. The molecule has 2 N–H and O–H groups in total. The minimum absolute atomic E-state index is 0.00483. The Morgan fingerprint density at radius 2 is 1.96 bits per heavy atom. The number of nitro benzene ring substituents is 1. The summed E-state index contributed by atoms with van der Waals surface area (Å²) < 4.78 is 0. The van der Waals surface area contributed by atoms with Gasteiger partial charge in [0, 0.05) is 17.3 Å². The first kappa shape index (κ1) is 20.1. The van der Waals surface area contributed by atoms with Crippen LogP contribution in [0.5, 0.6) is 0 Å². The number of hydrogen-bond donors (Lipinski definition) is 2. The van der Waals surface area contributed by atoms with Crippen molar-refractivity contribution in [1.29, 1.82) is 0 Å². The van der Waals surface area contributed by atoms with Crippen LogP contribution in [0.25, 0.3) is 0 Å². The molecule has 0 spiro atoms. The van der Waals surface area contributed by atoms with Crippen LogP contribution in [0.1, 0.15) is 24.5 Å². The zero-order valence-electron chi connectivity index (χ0n) is 14.4. The number of carbonyl (C=O) groups excluding carboxylic acids is 2. The van der Waals surface area contributed by atoms with E-state index in [-0.39, 0.29) is 10.7 Å². The second-order valence-corrected chi connectivity index (χ2v) is 5.90. The molecule has 0 atom stereocenters. The van der Waals surface area contributed by atoms with Gasteiger partial charge in [-0.1, -0.05) is 42.8 Å². The van der Waals surface area contributed by atoms with Crippen LogP contribution in [0, 0.1) is 10.1 Å². The van der Waals surface area contributed by atoms with Gasteiger partial charge in [0.05, 0.1) is 11.1 Å². The number of carbonyl (C=O) groups is 2. The normalized spacial score (nSPS) is 10.6. The van der Waals surface area contributed by atoms with Crippen molar-refractivity contribution < 1.29 is 14.5 Å². The maximum atomic E-state index is 12.0. The maximum Gasteiger partial charge on any atom is 0.288 e. The van der Waals surface area contributed by atoms with E-state index in [0.717, 1.165) is 12.0 Å². The Bertz CT molecular complexity index is 899. The van der Waals surface area contributed by atoms with Crippen LogP contribution in [0.2, 0.25) is 5.02 Å². The van der Waals surface area contributed by atoms with Crippen LogP contribution in [0.3, 0.4) is 0 Å². The van der Waals surface area contributed by atoms with Gasteiger partial charge < -0.3 is 5.32 Å². The summed E-state index contributed by atoms with van der Waals surface area (Å²) in [6.07, 6.45) is 1.57. The average Bonchev–Trinajstić information content (AvgIpc) is 2.63. The Morgan fingerprint density at radius 1 is 1.22 bits per heavy atom. The summed E-state index contributed by atoms with van der Waals surface area (Å²) in [5, 5.41) is 17.2. The van der Waals surface area contributed by atoms with Crippen molar-refractivity contribution in [2.45, 2.75) is 19.8 Å². The number of benzene rings is 2. The molecule has 27 heavy (non-hydrogen) atoms. The first-order valence-corrected chi connectivity index (χ1v) is 8.42. The molecule has 0 unspecified atom stereocenters. The molecule has 0 radical (unpaired) electrons. The fraction of sp³-hybridized carbons (Fsp3) is 0.167. The molecule has 2 amide bonds. The van der Waals surface area contributed by atoms with E-state index < -0.39 is 23.2 Å². The minimum atomic E-state index is -0.614. The molecule has 0 aliphatic rings. The van der Waals surface area contributed by atoms with E-state index in [9.17, 15) is 19.7 Å². The number of rotatable bonds is 7. The van der Waals surface area contributed by atoms with Crippen LogP contribution in [-0.4, -0.2) is 23.0 Å². The molecule has 0 fully saturated rings. The Labute approximate surface area is 160 Å². The molecule has 0 heterocycles. The maximum absolute atomic E-state index is 12.0. The SMILES string of the molecule is CCc1ccccc1NC(=O)CC(=O)NN=Cc1ccc(Cl)c([N+](=O)[O-])c1. The van der Waals surface area contributed by atoms with Crippen LogP contribution in [0.4, 0.5) is 11.4 Å². The van der Waals surface area contributed by atoms with Gasteiger partial charge in [-0.25, -0.2) is 5.43 Å². The van der Waals surface area contributed by atoms with Crippen LogP contribution in [-0.2, 0) is 16.0 Å². The number of amides is 2. The number of nitro groups is 1. The molecule has 2 aromatic rings. The number of halogens is 1. The lowest BCUT2D eigenvalue weighted by Crippen LogP contribution is -2.25. The Morgan fingerprint density at radius 3 is 2.67 bits per heavy atom. The third-order valence-electron chi connectivity index (χ3n) is 3.56. The number of aryl methyl sites for hydroxylation is 1. The fourth-order valence-electron chi connectivity index (χ4n) is 2.26. The number of para-hydroxylation sites is 1. The summed E-state index contributed by atoms with van der Waals surface area (Å²) in [5.41, 5.74) is 3.95. The van der Waals surface area contributed by atoms with Gasteiger partial charge in [-0.3, -0.25) is 19.7 Å². The zero-order valence-corrected chi connectivity index (χ0v) is 15.2. The highest BCUT2D eigenvalue weighted by atomic mass is 35.5. The molecule has 0 aliphatic carbocycles. The predicted octanol–water partition coefficient (Wildman–Crippen LogP) is 3.29. The number of nitrogens with one attached hydrogen (secondary N) is 2. The number of hydrazone groups is 1. The highest BCUT2D eigenvalue weighted by Gasteiger charge is 2.12. The van der Waals surface area contributed by atoms with Crippen molar-refractivity contribution in [3.05, 3.63) is 68.7 Å². The first-order valence-electron chi connectivity index (χ1n) is 8.04. The summed E-state index contributed by atoms with van der Waals surface area (Å²) >= 11 is 5.72. The van der Waals surface area contributed by atoms with Gasteiger partial charge in [0.15, 0.2) is 0 Å². The summed E-state index contributed by atoms with van der Waals surface area (Å²) in [5.74, 6) is -1.08. The Balaban J connectivity index is 1.90. The molecule has 0 saturated heterocycles. The molecule has 0 aromatic heterocycles. The molecule has 8 nitrogen and oxygen atoms in total. The topological polar surface area (TPSA) is 114 Å². The van der Waals surface area contributed by atoms with Gasteiger partial charge in [-0.15, -0.1) is 0 Å². The molecular formula is C18H17ClN4O4. The van der Waals surface area contributed by atoms with E-state index in [1.807, 2.05) is 19.1 Å². The van der Waals surface area contributed by atoms with Crippen LogP contribution in [0.15, 0.2) is 47.6 Å². The Kier molecular flexibility index (Phi) is 7.01. The largest absolute Gasteiger partial charge is 0.325 e. The third-order valence-corrected chi connectivity index (χ3v) is 3.88. The lowest BCUT2D eigenvalue weighted by Gasteiger charge is -2.09. The van der Waals surface area contributed by atoms with Gasteiger partial charge in [0.2, 0.25) is 11.8 Å². The van der Waals surface area contributed by atoms with E-state index in [0.29, 0.717) is 11.3 Å². The lowest BCUT2D eigenvalue weighted by atomic mass is 10.1. The van der Waals surface area contributed by atoms with E-state index in [1.54, 1.807) is 12.1 Å². The molecular weight excluding hydrogens is 372 g/mol. The highest BCUT2D eigenvalue weighted by molar-refractivity contribution is 6.32. The van der Waals surface area contributed by atoms with Gasteiger partial charge in [-0.05, 0) is 24.1 Å². The van der Waals surface area contributed by atoms with Crippen molar-refractivity contribution in [3.8, 4) is 0 Å². The first-order chi connectivity index (χ1) is 12.9. The number of hydrogen-bond acceptors (Lipinski definition) is 5. The standard InChI is InChI=1S/C18H17ClN4O4/c1-2-13-5-3-4-6-15(13)21-17(24)10-18(25)22-20-11-12-7-8-14(19)16(9-12)23(26)27/h3-9,11H,2,10H2,1H3,(H,21,24)(H,22,25). The fourth-order valence-corrected chi connectivity index (χ4v) is 2.45. The minimum Gasteiger partial charge on any atom is -0.325 e. The Hall–Kier alpha value is -3.26. The molecule has 2 rings (SSSR count). The molecule has 9 heteroatoms. The summed E-state index contributed by atoms with van der Waals surface area (Å²) in [4.78, 5) is 34.0. The third kappa shape index (κ3) is 5.89. The molecule has 0 aliphatic heterocycles. The van der Waals surface area contributed by atoms with E-state index in [1.165, 1.54) is 24.4 Å². The summed E-state index contributed by atoms with van der Waals surface area (Å²) in [7, 11) is 0. The molecule has 2 aromatic carbocycles. The quantitative estimate of drug-likeness (QED) is 0.328. The van der Waals surface area contributed by atoms with Gasteiger partial charge in [-0.2, -0.15) is 5.10 Å². The van der Waals surface area contributed by atoms with Crippen LogP contribution >= 0.6 is 11.6 Å². The predicted molar refractivity (Wildman–Crippen MR) is 103 cm³/mol. The van der Waals surface area contributed by atoms with Crippen molar-refractivity contribution >= 4 is 41.0 Å². The second kappa shape index (κ2) is 9.44. The van der Waals surface area contributed by atoms with E-state index in [2.05, 4.69) is 15.8 Å². The average molecular weight is 389 g/mol. The molecule has 140 valence electrons. The van der Waals surface area contributed by atoms with E-state index >= 15 is 0 Å². The van der Waals surface area contributed by atoms with Gasteiger partial charge in [0.1, 0.15) is 11.4 Å². The van der Waals surface area contributed by atoms with Gasteiger partial charge in [0.25, 0.3) is 5.69 Å². The van der Waals surface area contributed by atoms with Crippen molar-refractivity contribution in [1.82, 2.24) is 5.43 Å². The van der Waals surface area contributed by atoms with Crippen LogP contribution < -0.4 is 10.7 Å². The lowest BCUT2D eigenvalue weighted by molar-refractivity contribution is -0.384. The van der Waals surface area contributed by atoms with Crippen molar-refractivity contribution in [2.75, 3.05) is 5.32 Å². The van der Waals surface area contributed by atoms with Crippen molar-refractivity contribution in [2.24, 2.45) is 5.10 Å². The zero-order chi connectivity index (χ0) is 19.8. The summed E-state index contributed by atoms with van der Waals surface area (Å²) in [6, 6.07) is 11.4. The molecule has 0 saturated carbocycles. The molecule has 0 bridgehead atoms. The van der Waals surface area contributed by atoms with E-state index in [4.69, 9.17) is 11.6 Å². The number of anilines is 1. The smallest absolute Gasteiger partial charge is 0.288 e. The second-order valence-electron chi connectivity index (χ2n) is 5.50. The highest BCUT2D eigenvalue weighted by Crippen LogP contribution is 2.24. The summed E-state index contributed by atoms with van der Waals surface area (Å²) in [6.45, 7) is 1.97. The number of nitrogens with zero attached hydrogens (tertiary/aromatic N) is 2. The van der Waals surface area contributed by atoms with Crippen molar-refractivity contribution in [3.63, 3.8) is 0 Å². The van der Waals surface area contributed by atoms with Gasteiger partial charge >= 0.3 is 0 Å².